The molecular weight excluding hydrogens is 226 g/mol. The molecule has 0 fully saturated rings. The molecule has 0 aliphatic carbocycles. The molecule has 82 valence electrons. The van der Waals surface area contributed by atoms with Gasteiger partial charge in [-0.25, -0.2) is 4.98 Å². The Hall–Kier alpha value is -1.93. The minimum absolute atomic E-state index is 1.07. The van der Waals surface area contributed by atoms with E-state index in [2.05, 4.69) is 47.5 Å². The Labute approximate surface area is 104 Å². The normalized spacial score (nSPS) is 11.3. The largest absolute Gasteiger partial charge is 0.245 e. The second-order valence-corrected chi connectivity index (χ2v) is 4.71. The second-order valence-electron chi connectivity index (χ2n) is 3.82. The van der Waals surface area contributed by atoms with E-state index in [0.29, 0.717) is 0 Å². The third kappa shape index (κ3) is 2.27. The number of nitrogens with zero attached hydrogens (tertiary/aromatic N) is 1. The van der Waals surface area contributed by atoms with Gasteiger partial charge < -0.3 is 0 Å². The van der Waals surface area contributed by atoms with Crippen LogP contribution in [0.5, 0.6) is 0 Å². The third-order valence-electron chi connectivity index (χ3n) is 2.62. The molecular formula is C15H11NS. The van der Waals surface area contributed by atoms with Gasteiger partial charge in [0.05, 0.1) is 15.7 Å². The van der Waals surface area contributed by atoms with Crippen molar-refractivity contribution in [3.8, 4) is 0 Å². The fourth-order valence-electron chi connectivity index (χ4n) is 1.74. The van der Waals surface area contributed by atoms with Crippen LogP contribution in [0.1, 0.15) is 11.1 Å². The van der Waals surface area contributed by atoms with Gasteiger partial charge in [-0.15, -0.1) is 11.3 Å². The number of hydrogen-bond donors (Lipinski definition) is 0. The summed E-state index contributed by atoms with van der Waals surface area (Å²) in [5.74, 6) is 0. The van der Waals surface area contributed by atoms with Gasteiger partial charge in [-0.3, -0.25) is 0 Å². The molecule has 1 nitrogen and oxygen atoms in total. The Balaban J connectivity index is 1.92. The summed E-state index contributed by atoms with van der Waals surface area (Å²) in [7, 11) is 0. The predicted molar refractivity (Wildman–Crippen MR) is 75.0 cm³/mol. The molecule has 1 heterocycles. The van der Waals surface area contributed by atoms with Crippen LogP contribution in [0.15, 0.2) is 54.0 Å². The lowest BCUT2D eigenvalue weighted by Crippen LogP contribution is -1.73. The lowest BCUT2D eigenvalue weighted by Gasteiger charge is -1.94. The molecule has 3 aromatic rings. The van der Waals surface area contributed by atoms with Crippen molar-refractivity contribution in [1.82, 2.24) is 4.98 Å². The summed E-state index contributed by atoms with van der Waals surface area (Å²) in [6, 6.07) is 16.7. The van der Waals surface area contributed by atoms with Crippen molar-refractivity contribution in [2.45, 2.75) is 0 Å². The molecule has 1 aromatic heterocycles. The summed E-state index contributed by atoms with van der Waals surface area (Å²) in [5.41, 5.74) is 5.36. The van der Waals surface area contributed by atoms with E-state index < -0.39 is 0 Å². The van der Waals surface area contributed by atoms with E-state index in [0.717, 1.165) is 5.52 Å². The van der Waals surface area contributed by atoms with Gasteiger partial charge in [0, 0.05) is 0 Å². The summed E-state index contributed by atoms with van der Waals surface area (Å²) in [6.07, 6.45) is 4.24. The average Bonchev–Trinajstić information content (AvgIpc) is 2.85. The van der Waals surface area contributed by atoms with Crippen molar-refractivity contribution < 1.29 is 0 Å². The Kier molecular flexibility index (Phi) is 2.72. The molecule has 0 atom stereocenters. The minimum atomic E-state index is 1.07. The molecule has 0 spiro atoms. The fraction of sp³-hybridized carbons (Fsp3) is 0. The van der Waals surface area contributed by atoms with Crippen molar-refractivity contribution in [2.75, 3.05) is 0 Å². The minimum Gasteiger partial charge on any atom is -0.245 e. The van der Waals surface area contributed by atoms with Crippen LogP contribution in [-0.4, -0.2) is 4.98 Å². The molecule has 0 unspecified atom stereocenters. The topological polar surface area (TPSA) is 12.9 Å². The summed E-state index contributed by atoms with van der Waals surface area (Å²) in [5, 5.41) is 0. The third-order valence-corrected chi connectivity index (χ3v) is 3.43. The van der Waals surface area contributed by atoms with Gasteiger partial charge in [0.1, 0.15) is 0 Å². The van der Waals surface area contributed by atoms with Gasteiger partial charge in [0.15, 0.2) is 0 Å². The highest BCUT2D eigenvalue weighted by atomic mass is 32.1. The molecule has 0 radical (unpaired) electrons. The van der Waals surface area contributed by atoms with Crippen LogP contribution in [0.2, 0.25) is 0 Å². The number of aromatic nitrogens is 1. The molecule has 2 aromatic carbocycles. The van der Waals surface area contributed by atoms with Crippen molar-refractivity contribution in [1.29, 1.82) is 0 Å². The summed E-state index contributed by atoms with van der Waals surface area (Å²) >= 11 is 1.68. The highest BCUT2D eigenvalue weighted by molar-refractivity contribution is 7.16. The van der Waals surface area contributed by atoms with E-state index in [4.69, 9.17) is 0 Å². The van der Waals surface area contributed by atoms with E-state index in [1.54, 1.807) is 11.3 Å². The van der Waals surface area contributed by atoms with Crippen LogP contribution in [0.3, 0.4) is 0 Å². The molecule has 17 heavy (non-hydrogen) atoms. The molecule has 0 bridgehead atoms. The Morgan fingerprint density at radius 1 is 0.882 bits per heavy atom. The highest BCUT2D eigenvalue weighted by Gasteiger charge is 1.96. The fourth-order valence-corrected chi connectivity index (χ4v) is 2.39. The van der Waals surface area contributed by atoms with Gasteiger partial charge in [-0.2, -0.15) is 0 Å². The highest BCUT2D eigenvalue weighted by Crippen LogP contribution is 2.20. The number of hydrogen-bond acceptors (Lipinski definition) is 2. The van der Waals surface area contributed by atoms with E-state index >= 15 is 0 Å². The van der Waals surface area contributed by atoms with Crippen LogP contribution >= 0.6 is 11.3 Å². The van der Waals surface area contributed by atoms with Crippen LogP contribution in [0, 0.1) is 0 Å². The van der Waals surface area contributed by atoms with Crippen LogP contribution in [-0.2, 0) is 0 Å². The maximum atomic E-state index is 4.32. The van der Waals surface area contributed by atoms with Crippen LogP contribution in [0.4, 0.5) is 0 Å². The predicted octanol–water partition coefficient (Wildman–Crippen LogP) is 4.47. The zero-order chi connectivity index (χ0) is 11.5. The zero-order valence-electron chi connectivity index (χ0n) is 9.21. The van der Waals surface area contributed by atoms with E-state index in [1.165, 1.54) is 15.8 Å². The van der Waals surface area contributed by atoms with Gasteiger partial charge in [-0.1, -0.05) is 48.6 Å². The Morgan fingerprint density at radius 2 is 1.71 bits per heavy atom. The summed E-state index contributed by atoms with van der Waals surface area (Å²) < 4.78 is 1.24. The Morgan fingerprint density at radius 3 is 2.59 bits per heavy atom. The first-order valence-corrected chi connectivity index (χ1v) is 6.36. The van der Waals surface area contributed by atoms with Gasteiger partial charge in [0.2, 0.25) is 0 Å². The molecule has 2 heteroatoms. The monoisotopic (exact) mass is 237 g/mol. The summed E-state index contributed by atoms with van der Waals surface area (Å²) in [4.78, 5) is 4.32. The maximum Gasteiger partial charge on any atom is 0.0817 e. The molecule has 0 saturated carbocycles. The summed E-state index contributed by atoms with van der Waals surface area (Å²) in [6.45, 7) is 0. The van der Waals surface area contributed by atoms with Crippen molar-refractivity contribution in [2.24, 2.45) is 0 Å². The molecule has 0 N–H and O–H groups in total. The molecule has 0 aliphatic heterocycles. The van der Waals surface area contributed by atoms with Gasteiger partial charge in [0.25, 0.3) is 0 Å². The van der Waals surface area contributed by atoms with E-state index in [9.17, 15) is 0 Å². The first-order chi connectivity index (χ1) is 8.42. The van der Waals surface area contributed by atoms with E-state index in [1.807, 2.05) is 23.7 Å². The first-order valence-electron chi connectivity index (χ1n) is 5.48. The SMILES string of the molecule is C(=C\c1ccc2scnc2c1)/c1ccccc1. The average molecular weight is 237 g/mol. The van der Waals surface area contributed by atoms with Crippen molar-refractivity contribution in [3.63, 3.8) is 0 Å². The molecule has 0 aliphatic rings. The number of rotatable bonds is 2. The first kappa shape index (κ1) is 10.2. The lowest BCUT2D eigenvalue weighted by atomic mass is 10.1. The number of benzene rings is 2. The number of fused-ring (bicyclic) bond motifs is 1. The lowest BCUT2D eigenvalue weighted by molar-refractivity contribution is 1.50. The molecule has 0 amide bonds. The van der Waals surface area contributed by atoms with Crippen LogP contribution < -0.4 is 0 Å². The second kappa shape index (κ2) is 4.52. The smallest absolute Gasteiger partial charge is 0.0817 e. The van der Waals surface area contributed by atoms with Crippen LogP contribution in [0.25, 0.3) is 22.4 Å². The zero-order valence-corrected chi connectivity index (χ0v) is 10.0. The quantitative estimate of drug-likeness (QED) is 0.599. The van der Waals surface area contributed by atoms with Crippen molar-refractivity contribution >= 4 is 33.7 Å². The van der Waals surface area contributed by atoms with Gasteiger partial charge in [-0.05, 0) is 23.3 Å². The maximum absolute atomic E-state index is 4.32. The molecule has 3 rings (SSSR count). The standard InChI is InChI=1S/C15H11NS/c1-2-4-12(5-3-1)6-7-13-8-9-15-14(10-13)16-11-17-15/h1-11H/b7-6+. The molecule has 0 saturated heterocycles. The van der Waals surface area contributed by atoms with Crippen molar-refractivity contribution in [3.05, 3.63) is 65.2 Å². The Bertz CT molecular complexity index is 653. The van der Waals surface area contributed by atoms with Gasteiger partial charge >= 0.3 is 0 Å². The number of thiazole rings is 1. The van der Waals surface area contributed by atoms with E-state index in [-0.39, 0.29) is 0 Å².